The van der Waals surface area contributed by atoms with E-state index in [9.17, 15) is 4.39 Å². The minimum absolute atomic E-state index is 0.0540. The zero-order valence-electron chi connectivity index (χ0n) is 17.5. The lowest BCUT2D eigenvalue weighted by Gasteiger charge is -2.14. The van der Waals surface area contributed by atoms with Gasteiger partial charge in [-0.05, 0) is 66.6 Å². The molecule has 0 aliphatic carbocycles. The molecule has 6 heteroatoms. The van der Waals surface area contributed by atoms with Gasteiger partial charge in [-0.1, -0.05) is 65.3 Å². The zero-order chi connectivity index (χ0) is 22.2. The molecule has 0 fully saturated rings. The molecule has 0 aliphatic heterocycles. The van der Waals surface area contributed by atoms with E-state index in [4.69, 9.17) is 21.6 Å². The molecule has 0 saturated heterocycles. The lowest BCUT2D eigenvalue weighted by molar-refractivity contribution is 0.628. The fourth-order valence-corrected chi connectivity index (χ4v) is 4.69. The monoisotopic (exact) mass is 459 g/mol. The Labute approximate surface area is 194 Å². The third kappa shape index (κ3) is 4.14. The van der Waals surface area contributed by atoms with Gasteiger partial charge >= 0.3 is 0 Å². The summed E-state index contributed by atoms with van der Waals surface area (Å²) < 4.78 is 13.6. The van der Waals surface area contributed by atoms with E-state index in [0.717, 1.165) is 31.7 Å². The van der Waals surface area contributed by atoms with Gasteiger partial charge in [0.05, 0.1) is 16.1 Å². The molecular formula is C26H19ClFN3S. The molecule has 158 valence electrons. The zero-order valence-corrected chi connectivity index (χ0v) is 19.1. The first-order valence-electron chi connectivity index (χ1n) is 10.1. The minimum atomic E-state index is -0.460. The molecular weight excluding hydrogens is 441 g/mol. The van der Waals surface area contributed by atoms with Crippen LogP contribution in [0.4, 0.5) is 15.9 Å². The second kappa shape index (κ2) is 8.41. The van der Waals surface area contributed by atoms with Crippen LogP contribution >= 0.6 is 23.4 Å². The van der Waals surface area contributed by atoms with E-state index in [-0.39, 0.29) is 5.02 Å². The van der Waals surface area contributed by atoms with Crippen LogP contribution in [0.25, 0.3) is 21.8 Å². The number of aryl methyl sites for hydroxylation is 2. The number of anilines is 2. The number of rotatable bonds is 4. The highest BCUT2D eigenvalue weighted by Gasteiger charge is 2.14. The van der Waals surface area contributed by atoms with Gasteiger partial charge in [0, 0.05) is 10.6 Å². The summed E-state index contributed by atoms with van der Waals surface area (Å²) in [6.45, 7) is 4.16. The second-order valence-corrected chi connectivity index (χ2v) is 9.13. The van der Waals surface area contributed by atoms with Crippen molar-refractivity contribution in [3.05, 3.63) is 94.8 Å². The van der Waals surface area contributed by atoms with Gasteiger partial charge in [-0.3, -0.25) is 0 Å². The molecule has 5 rings (SSSR count). The van der Waals surface area contributed by atoms with Crippen LogP contribution in [0.1, 0.15) is 11.1 Å². The van der Waals surface area contributed by atoms with E-state index in [1.165, 1.54) is 17.2 Å². The third-order valence-corrected chi connectivity index (χ3v) is 6.66. The fourth-order valence-electron chi connectivity index (χ4n) is 3.61. The van der Waals surface area contributed by atoms with Crippen LogP contribution in [0.3, 0.4) is 0 Å². The van der Waals surface area contributed by atoms with E-state index in [0.29, 0.717) is 11.5 Å². The van der Waals surface area contributed by atoms with Gasteiger partial charge in [0.2, 0.25) is 0 Å². The molecule has 0 aliphatic rings. The van der Waals surface area contributed by atoms with Crippen molar-refractivity contribution in [1.29, 1.82) is 0 Å². The predicted molar refractivity (Wildman–Crippen MR) is 132 cm³/mol. The molecule has 5 aromatic rings. The Bertz CT molecular complexity index is 1490. The highest BCUT2D eigenvalue weighted by atomic mass is 35.5. The molecule has 1 heterocycles. The van der Waals surface area contributed by atoms with E-state index in [2.05, 4.69) is 55.6 Å². The summed E-state index contributed by atoms with van der Waals surface area (Å²) in [6, 6.07) is 23.1. The van der Waals surface area contributed by atoms with Crippen molar-refractivity contribution in [3.63, 3.8) is 0 Å². The van der Waals surface area contributed by atoms with Crippen molar-refractivity contribution in [3.8, 4) is 0 Å². The van der Waals surface area contributed by atoms with Crippen molar-refractivity contribution in [2.75, 3.05) is 5.32 Å². The van der Waals surface area contributed by atoms with E-state index in [1.807, 2.05) is 18.2 Å². The molecule has 0 bridgehead atoms. The molecule has 0 radical (unpaired) electrons. The number of benzene rings is 4. The maximum atomic E-state index is 13.6. The quantitative estimate of drug-likeness (QED) is 0.275. The molecule has 1 N–H and O–H groups in total. The molecule has 0 amide bonds. The average molecular weight is 460 g/mol. The van der Waals surface area contributed by atoms with Gasteiger partial charge < -0.3 is 5.32 Å². The molecule has 1 aromatic heterocycles. The van der Waals surface area contributed by atoms with Crippen molar-refractivity contribution in [2.24, 2.45) is 0 Å². The lowest BCUT2D eigenvalue weighted by atomic mass is 10.1. The van der Waals surface area contributed by atoms with Gasteiger partial charge in [0.15, 0.2) is 5.82 Å². The first-order valence-corrected chi connectivity index (χ1v) is 11.3. The first kappa shape index (κ1) is 20.7. The van der Waals surface area contributed by atoms with E-state index < -0.39 is 5.82 Å². The number of fused-ring (bicyclic) bond motifs is 2. The highest BCUT2D eigenvalue weighted by molar-refractivity contribution is 7.99. The lowest BCUT2D eigenvalue weighted by Crippen LogP contribution is -2.00. The maximum Gasteiger partial charge on any atom is 0.164 e. The standard InChI is InChI=1S/C26H19ClFN3S/c1-15-7-10-24(16(2)11-15)32-26-25(29-19-8-9-21(28)20(27)14-19)30-22-12-17-5-3-4-6-18(17)13-23(22)31-26/h3-14H,1-2H3,(H,29,30). The molecule has 4 aromatic carbocycles. The van der Waals surface area contributed by atoms with Crippen molar-refractivity contribution >= 4 is 56.7 Å². The number of aromatic nitrogens is 2. The Hall–Kier alpha value is -3.15. The second-order valence-electron chi connectivity index (χ2n) is 7.69. The average Bonchev–Trinajstić information content (AvgIpc) is 2.77. The van der Waals surface area contributed by atoms with Crippen LogP contribution in [0.15, 0.2) is 82.7 Å². The normalized spacial score (nSPS) is 11.2. The third-order valence-electron chi connectivity index (χ3n) is 5.22. The molecule has 0 unspecified atom stereocenters. The smallest absolute Gasteiger partial charge is 0.164 e. The molecule has 0 saturated carbocycles. The molecule has 3 nitrogen and oxygen atoms in total. The van der Waals surface area contributed by atoms with Crippen molar-refractivity contribution < 1.29 is 4.39 Å². The molecule has 0 atom stereocenters. The van der Waals surface area contributed by atoms with Gasteiger partial charge in [-0.15, -0.1) is 0 Å². The van der Waals surface area contributed by atoms with Crippen LogP contribution in [-0.4, -0.2) is 9.97 Å². The Morgan fingerprint density at radius 1 is 0.844 bits per heavy atom. The Balaban J connectivity index is 1.65. The summed E-state index contributed by atoms with van der Waals surface area (Å²) in [6.07, 6.45) is 0. The number of hydrogen-bond donors (Lipinski definition) is 1. The summed E-state index contributed by atoms with van der Waals surface area (Å²) in [5.41, 5.74) is 4.63. The van der Waals surface area contributed by atoms with Gasteiger partial charge in [-0.2, -0.15) is 0 Å². The van der Waals surface area contributed by atoms with Crippen molar-refractivity contribution in [1.82, 2.24) is 9.97 Å². The van der Waals surface area contributed by atoms with Crippen molar-refractivity contribution in [2.45, 2.75) is 23.8 Å². The van der Waals surface area contributed by atoms with E-state index >= 15 is 0 Å². The van der Waals surface area contributed by atoms with Crippen LogP contribution in [0, 0.1) is 19.7 Å². The molecule has 32 heavy (non-hydrogen) atoms. The Morgan fingerprint density at radius 2 is 1.56 bits per heavy atom. The predicted octanol–water partition coefficient (Wildman–Crippen LogP) is 8.09. The van der Waals surface area contributed by atoms with Gasteiger partial charge in [0.25, 0.3) is 0 Å². The van der Waals surface area contributed by atoms with Gasteiger partial charge in [0.1, 0.15) is 10.8 Å². The van der Waals surface area contributed by atoms with E-state index in [1.54, 1.807) is 23.9 Å². The minimum Gasteiger partial charge on any atom is -0.338 e. The Morgan fingerprint density at radius 3 is 2.25 bits per heavy atom. The highest BCUT2D eigenvalue weighted by Crippen LogP contribution is 2.36. The summed E-state index contributed by atoms with van der Waals surface area (Å²) >= 11 is 7.54. The number of nitrogens with zero attached hydrogens (tertiary/aromatic N) is 2. The SMILES string of the molecule is Cc1ccc(Sc2nc3cc4ccccc4cc3nc2Nc2ccc(F)c(Cl)c2)c(C)c1. The van der Waals surface area contributed by atoms with Crippen LogP contribution in [0.2, 0.25) is 5.02 Å². The topological polar surface area (TPSA) is 37.8 Å². The summed E-state index contributed by atoms with van der Waals surface area (Å²) in [5, 5.41) is 6.29. The first-order chi connectivity index (χ1) is 15.5. The van der Waals surface area contributed by atoms with Crippen LogP contribution in [0.5, 0.6) is 0 Å². The fraction of sp³-hybridized carbons (Fsp3) is 0.0769. The Kier molecular flexibility index (Phi) is 5.45. The number of nitrogens with one attached hydrogen (secondary N) is 1. The largest absolute Gasteiger partial charge is 0.338 e. The summed E-state index contributed by atoms with van der Waals surface area (Å²) in [5.74, 6) is 0.138. The van der Waals surface area contributed by atoms with Crippen LogP contribution < -0.4 is 5.32 Å². The number of halogens is 2. The molecule has 0 spiro atoms. The van der Waals surface area contributed by atoms with Crippen LogP contribution in [-0.2, 0) is 0 Å². The maximum absolute atomic E-state index is 13.6. The summed E-state index contributed by atoms with van der Waals surface area (Å²) in [7, 11) is 0. The number of hydrogen-bond acceptors (Lipinski definition) is 4. The van der Waals surface area contributed by atoms with Gasteiger partial charge in [-0.25, -0.2) is 14.4 Å². The summed E-state index contributed by atoms with van der Waals surface area (Å²) in [4.78, 5) is 10.9.